The lowest BCUT2D eigenvalue weighted by Gasteiger charge is -2.29. The van der Waals surface area contributed by atoms with E-state index in [2.05, 4.69) is 15.9 Å². The highest BCUT2D eigenvalue weighted by molar-refractivity contribution is 9.10. The summed E-state index contributed by atoms with van der Waals surface area (Å²) in [5.74, 6) is 1.33. The van der Waals surface area contributed by atoms with Crippen LogP contribution in [0.4, 0.5) is 0 Å². The Kier molecular flexibility index (Phi) is 6.64. The lowest BCUT2D eigenvalue weighted by Crippen LogP contribution is -2.39. The van der Waals surface area contributed by atoms with Crippen LogP contribution in [-0.2, 0) is 4.79 Å². The van der Waals surface area contributed by atoms with Crippen LogP contribution < -0.4 is 9.47 Å². The normalized spacial score (nSPS) is 20.1. The van der Waals surface area contributed by atoms with Crippen LogP contribution in [0.15, 0.2) is 21.5 Å². The van der Waals surface area contributed by atoms with E-state index >= 15 is 0 Å². The number of nitrogens with zero attached hydrogens (tertiary/aromatic N) is 1. The number of rotatable bonds is 5. The van der Waals surface area contributed by atoms with Gasteiger partial charge in [-0.25, -0.2) is 0 Å². The van der Waals surface area contributed by atoms with Crippen molar-refractivity contribution in [2.45, 2.75) is 45.1 Å². The SMILES string of the molecule is CCOc1cc(C=C2SC(=S)N(C3CCCCC3)C2=O)cc(Br)c1OC. The quantitative estimate of drug-likeness (QED) is 0.439. The molecule has 1 saturated heterocycles. The number of halogens is 1. The van der Waals surface area contributed by atoms with Crippen LogP contribution in [0.3, 0.4) is 0 Å². The molecule has 26 heavy (non-hydrogen) atoms. The number of hydrogen-bond donors (Lipinski definition) is 0. The number of thiocarbonyl (C=S) groups is 1. The molecule has 1 aliphatic carbocycles. The summed E-state index contributed by atoms with van der Waals surface area (Å²) in [6.07, 6.45) is 7.56. The molecule has 2 fully saturated rings. The van der Waals surface area contributed by atoms with Gasteiger partial charge >= 0.3 is 0 Å². The molecule has 7 heteroatoms. The van der Waals surface area contributed by atoms with E-state index in [1.54, 1.807) is 7.11 Å². The van der Waals surface area contributed by atoms with E-state index < -0.39 is 0 Å². The van der Waals surface area contributed by atoms with Gasteiger partial charge in [-0.3, -0.25) is 9.69 Å². The van der Waals surface area contributed by atoms with Gasteiger partial charge in [-0.05, 0) is 59.5 Å². The van der Waals surface area contributed by atoms with E-state index in [1.165, 1.54) is 31.0 Å². The van der Waals surface area contributed by atoms with E-state index in [-0.39, 0.29) is 11.9 Å². The summed E-state index contributed by atoms with van der Waals surface area (Å²) in [6, 6.07) is 4.07. The maximum absolute atomic E-state index is 12.9. The molecule has 0 aromatic heterocycles. The zero-order chi connectivity index (χ0) is 18.7. The van der Waals surface area contributed by atoms with E-state index in [0.29, 0.717) is 27.3 Å². The fraction of sp³-hybridized carbons (Fsp3) is 0.474. The Morgan fingerprint density at radius 1 is 1.35 bits per heavy atom. The van der Waals surface area contributed by atoms with Gasteiger partial charge in [0.2, 0.25) is 0 Å². The first-order valence-electron chi connectivity index (χ1n) is 8.82. The minimum atomic E-state index is 0.0248. The Balaban J connectivity index is 1.88. The third-order valence-electron chi connectivity index (χ3n) is 4.60. The van der Waals surface area contributed by atoms with Gasteiger partial charge in [0.1, 0.15) is 4.32 Å². The number of carbonyl (C=O) groups is 1. The van der Waals surface area contributed by atoms with Gasteiger partial charge in [-0.1, -0.05) is 43.2 Å². The van der Waals surface area contributed by atoms with E-state index in [1.807, 2.05) is 30.0 Å². The van der Waals surface area contributed by atoms with Gasteiger partial charge in [0.25, 0.3) is 5.91 Å². The second kappa shape index (κ2) is 8.76. The van der Waals surface area contributed by atoms with Gasteiger partial charge in [-0.2, -0.15) is 0 Å². The molecule has 1 amide bonds. The maximum atomic E-state index is 12.9. The van der Waals surface area contributed by atoms with Crippen LogP contribution >= 0.6 is 39.9 Å². The highest BCUT2D eigenvalue weighted by Gasteiger charge is 2.37. The first-order chi connectivity index (χ1) is 12.5. The van der Waals surface area contributed by atoms with Gasteiger partial charge < -0.3 is 9.47 Å². The number of hydrogen-bond acceptors (Lipinski definition) is 5. The number of amides is 1. The number of methoxy groups -OCH3 is 1. The number of benzene rings is 1. The standard InChI is InChI=1S/C19H22BrNO3S2/c1-3-24-15-10-12(9-14(20)17(15)23-2)11-16-18(22)21(19(25)26-16)13-7-5-4-6-8-13/h9-11,13H,3-8H2,1-2H3. The second-order valence-electron chi connectivity index (χ2n) is 6.31. The van der Waals surface area contributed by atoms with Crippen molar-refractivity contribution >= 4 is 56.2 Å². The van der Waals surface area contributed by atoms with Gasteiger partial charge in [-0.15, -0.1) is 0 Å². The number of ether oxygens (including phenoxy) is 2. The van der Waals surface area contributed by atoms with Crippen molar-refractivity contribution < 1.29 is 14.3 Å². The van der Waals surface area contributed by atoms with Crippen LogP contribution in [0.2, 0.25) is 0 Å². The fourth-order valence-corrected chi connectivity index (χ4v) is 5.44. The Labute approximate surface area is 172 Å². The Hall–Kier alpha value is -1.05. The molecule has 1 aliphatic heterocycles. The van der Waals surface area contributed by atoms with Crippen molar-refractivity contribution in [2.24, 2.45) is 0 Å². The predicted octanol–water partition coefficient (Wildman–Crippen LogP) is 5.39. The van der Waals surface area contributed by atoms with Gasteiger partial charge in [0, 0.05) is 6.04 Å². The molecule has 1 heterocycles. The van der Waals surface area contributed by atoms with Crippen molar-refractivity contribution in [3.63, 3.8) is 0 Å². The van der Waals surface area contributed by atoms with Gasteiger partial charge in [0.05, 0.1) is 23.1 Å². The average molecular weight is 456 g/mol. The Bertz CT molecular complexity index is 745. The Morgan fingerprint density at radius 3 is 2.73 bits per heavy atom. The Morgan fingerprint density at radius 2 is 2.08 bits per heavy atom. The zero-order valence-electron chi connectivity index (χ0n) is 14.9. The summed E-state index contributed by atoms with van der Waals surface area (Å²) >= 11 is 10.4. The predicted molar refractivity (Wildman–Crippen MR) is 114 cm³/mol. The summed E-state index contributed by atoms with van der Waals surface area (Å²) in [4.78, 5) is 15.4. The zero-order valence-corrected chi connectivity index (χ0v) is 18.1. The monoisotopic (exact) mass is 455 g/mol. The van der Waals surface area contributed by atoms with Crippen molar-refractivity contribution in [3.05, 3.63) is 27.1 Å². The van der Waals surface area contributed by atoms with E-state index in [4.69, 9.17) is 21.7 Å². The fourth-order valence-electron chi connectivity index (χ4n) is 3.42. The number of thioether (sulfide) groups is 1. The third-order valence-corrected chi connectivity index (χ3v) is 6.52. The molecule has 1 saturated carbocycles. The largest absolute Gasteiger partial charge is 0.492 e. The first-order valence-corrected chi connectivity index (χ1v) is 10.8. The summed E-state index contributed by atoms with van der Waals surface area (Å²) in [5, 5.41) is 0. The molecule has 0 atom stereocenters. The summed E-state index contributed by atoms with van der Waals surface area (Å²) in [5.41, 5.74) is 0.880. The first kappa shape index (κ1) is 19.7. The highest BCUT2D eigenvalue weighted by atomic mass is 79.9. The molecule has 0 bridgehead atoms. The molecule has 1 aromatic carbocycles. The van der Waals surface area contributed by atoms with Crippen molar-refractivity contribution in [3.8, 4) is 11.5 Å². The molecule has 0 unspecified atom stereocenters. The minimum absolute atomic E-state index is 0.0248. The molecule has 1 aromatic rings. The third kappa shape index (κ3) is 4.10. The molecule has 2 aliphatic rings. The molecule has 4 nitrogen and oxygen atoms in total. The average Bonchev–Trinajstić information content (AvgIpc) is 2.89. The highest BCUT2D eigenvalue weighted by Crippen LogP contribution is 2.40. The van der Waals surface area contributed by atoms with Crippen LogP contribution in [0, 0.1) is 0 Å². The molecule has 3 rings (SSSR count). The number of carbonyl (C=O) groups excluding carboxylic acids is 1. The van der Waals surface area contributed by atoms with Crippen LogP contribution in [-0.4, -0.2) is 34.9 Å². The lowest BCUT2D eigenvalue weighted by atomic mass is 9.94. The smallest absolute Gasteiger partial charge is 0.266 e. The summed E-state index contributed by atoms with van der Waals surface area (Å²) in [7, 11) is 1.61. The summed E-state index contributed by atoms with van der Waals surface area (Å²) in [6.45, 7) is 2.46. The minimum Gasteiger partial charge on any atom is -0.492 e. The molecule has 140 valence electrons. The topological polar surface area (TPSA) is 38.8 Å². The van der Waals surface area contributed by atoms with Crippen molar-refractivity contribution in [1.29, 1.82) is 0 Å². The van der Waals surface area contributed by atoms with E-state index in [0.717, 1.165) is 22.9 Å². The van der Waals surface area contributed by atoms with Crippen LogP contribution in [0.25, 0.3) is 6.08 Å². The van der Waals surface area contributed by atoms with Crippen LogP contribution in [0.1, 0.15) is 44.6 Å². The molecular formula is C19H22BrNO3S2. The van der Waals surface area contributed by atoms with Crippen molar-refractivity contribution in [1.82, 2.24) is 4.90 Å². The second-order valence-corrected chi connectivity index (χ2v) is 8.84. The maximum Gasteiger partial charge on any atom is 0.266 e. The molecule has 0 radical (unpaired) electrons. The molecule has 0 N–H and O–H groups in total. The molecular weight excluding hydrogens is 434 g/mol. The van der Waals surface area contributed by atoms with Crippen molar-refractivity contribution in [2.75, 3.05) is 13.7 Å². The molecule has 0 spiro atoms. The lowest BCUT2D eigenvalue weighted by molar-refractivity contribution is -0.124. The van der Waals surface area contributed by atoms with E-state index in [9.17, 15) is 4.79 Å². The van der Waals surface area contributed by atoms with Gasteiger partial charge in [0.15, 0.2) is 11.5 Å². The van der Waals surface area contributed by atoms with Crippen LogP contribution in [0.5, 0.6) is 11.5 Å². The summed E-state index contributed by atoms with van der Waals surface area (Å²) < 4.78 is 12.5.